The van der Waals surface area contributed by atoms with Gasteiger partial charge in [-0.15, -0.1) is 0 Å². The van der Waals surface area contributed by atoms with E-state index < -0.39 is 0 Å². The number of phenolic OH excluding ortho intramolecular Hbond substituents is 1. The van der Waals surface area contributed by atoms with Crippen molar-refractivity contribution in [1.82, 2.24) is 0 Å². The number of fused-ring (bicyclic) bond motifs is 1. The summed E-state index contributed by atoms with van der Waals surface area (Å²) in [5.41, 5.74) is 2.84. The molecule has 1 aliphatic rings. The molecule has 1 N–H and O–H groups in total. The van der Waals surface area contributed by atoms with Crippen molar-refractivity contribution in [2.24, 2.45) is 5.92 Å². The number of hydrogen-bond acceptors (Lipinski definition) is 5. The molecule has 5 nitrogen and oxygen atoms in total. The molecule has 0 spiro atoms. The smallest absolute Gasteiger partial charge is 0.166 e. The Kier molecular flexibility index (Phi) is 7.14. The Morgan fingerprint density at radius 2 is 1.80 bits per heavy atom. The lowest BCUT2D eigenvalue weighted by Gasteiger charge is -2.13. The molecule has 0 atom stereocenters. The maximum atomic E-state index is 12.2. The molecule has 5 heteroatoms. The Morgan fingerprint density at radius 1 is 1.07 bits per heavy atom. The minimum Gasteiger partial charge on any atom is -0.507 e. The summed E-state index contributed by atoms with van der Waals surface area (Å²) in [7, 11) is 0. The third-order valence-electron chi connectivity index (χ3n) is 5.34. The number of Topliss-reactive ketones (excluding diaryl/α,β-unsaturated/α-hetero) is 2. The van der Waals surface area contributed by atoms with Crippen molar-refractivity contribution < 1.29 is 24.2 Å². The largest absolute Gasteiger partial charge is 0.507 e. The molecule has 2 aromatic carbocycles. The summed E-state index contributed by atoms with van der Waals surface area (Å²) in [6, 6.07) is 9.13. The second kappa shape index (κ2) is 9.79. The van der Waals surface area contributed by atoms with Gasteiger partial charge in [-0.25, -0.2) is 0 Å². The molecule has 2 aromatic rings. The highest BCUT2D eigenvalue weighted by molar-refractivity contribution is 6.00. The highest BCUT2D eigenvalue weighted by Crippen LogP contribution is 2.32. The topological polar surface area (TPSA) is 72.8 Å². The first-order chi connectivity index (χ1) is 14.4. The van der Waals surface area contributed by atoms with Gasteiger partial charge in [0.2, 0.25) is 0 Å². The minimum atomic E-state index is -0.0532. The minimum absolute atomic E-state index is 0.00707. The molecule has 0 heterocycles. The lowest BCUT2D eigenvalue weighted by Crippen LogP contribution is -2.06. The Labute approximate surface area is 178 Å². The fraction of sp³-hybridized carbons (Fsp3) is 0.440. The van der Waals surface area contributed by atoms with Gasteiger partial charge >= 0.3 is 0 Å². The third-order valence-corrected chi connectivity index (χ3v) is 5.34. The van der Waals surface area contributed by atoms with Gasteiger partial charge in [0.25, 0.3) is 0 Å². The fourth-order valence-corrected chi connectivity index (χ4v) is 3.63. The van der Waals surface area contributed by atoms with Gasteiger partial charge in [-0.3, -0.25) is 9.59 Å². The summed E-state index contributed by atoms with van der Waals surface area (Å²) in [6.45, 7) is 6.75. The highest BCUT2D eigenvalue weighted by Gasteiger charge is 2.20. The summed E-state index contributed by atoms with van der Waals surface area (Å²) in [4.78, 5) is 24.1. The first-order valence-corrected chi connectivity index (χ1v) is 10.6. The predicted molar refractivity (Wildman–Crippen MR) is 116 cm³/mol. The summed E-state index contributed by atoms with van der Waals surface area (Å²) in [5, 5.41) is 10.4. The van der Waals surface area contributed by atoms with Crippen LogP contribution < -0.4 is 9.47 Å². The van der Waals surface area contributed by atoms with E-state index in [1.54, 1.807) is 19.1 Å². The third kappa shape index (κ3) is 5.21. The van der Waals surface area contributed by atoms with E-state index in [0.29, 0.717) is 42.9 Å². The van der Waals surface area contributed by atoms with Crippen LogP contribution in [0.2, 0.25) is 0 Å². The van der Waals surface area contributed by atoms with Gasteiger partial charge in [-0.1, -0.05) is 19.9 Å². The van der Waals surface area contributed by atoms with Crippen LogP contribution in [0.3, 0.4) is 0 Å². The average Bonchev–Trinajstić information content (AvgIpc) is 3.07. The molecule has 0 radical (unpaired) electrons. The number of rotatable bonds is 10. The van der Waals surface area contributed by atoms with Gasteiger partial charge in [0.05, 0.1) is 18.8 Å². The molecule has 0 fully saturated rings. The van der Waals surface area contributed by atoms with E-state index in [1.165, 1.54) is 0 Å². The number of carbonyl (C=O) groups excluding carboxylic acids is 2. The molecule has 0 saturated heterocycles. The zero-order valence-corrected chi connectivity index (χ0v) is 18.0. The first-order valence-electron chi connectivity index (χ1n) is 10.6. The van der Waals surface area contributed by atoms with Crippen LogP contribution >= 0.6 is 0 Å². The van der Waals surface area contributed by atoms with Gasteiger partial charge in [-0.05, 0) is 61.9 Å². The number of aryl methyl sites for hydroxylation is 1. The van der Waals surface area contributed by atoms with Crippen LogP contribution in [0.15, 0.2) is 30.3 Å². The van der Waals surface area contributed by atoms with Crippen molar-refractivity contribution in [3.05, 3.63) is 52.6 Å². The second-order valence-corrected chi connectivity index (χ2v) is 8.25. The van der Waals surface area contributed by atoms with Crippen molar-refractivity contribution in [1.29, 1.82) is 0 Å². The van der Waals surface area contributed by atoms with Gasteiger partial charge < -0.3 is 14.6 Å². The summed E-state index contributed by atoms with van der Waals surface area (Å²) in [5.74, 6) is 1.71. The molecule has 0 amide bonds. The first kappa shape index (κ1) is 21.9. The number of phenols is 1. The zero-order valence-electron chi connectivity index (χ0n) is 18.0. The Bertz CT molecular complexity index is 929. The van der Waals surface area contributed by atoms with Crippen LogP contribution in [-0.4, -0.2) is 29.9 Å². The van der Waals surface area contributed by atoms with Gasteiger partial charge in [0.15, 0.2) is 11.6 Å². The molecule has 0 aliphatic heterocycles. The molecule has 3 rings (SSSR count). The average molecular weight is 411 g/mol. The van der Waals surface area contributed by atoms with Crippen molar-refractivity contribution in [3.63, 3.8) is 0 Å². The number of unbranched alkanes of at least 4 members (excludes halogenated alkanes) is 1. The van der Waals surface area contributed by atoms with E-state index in [9.17, 15) is 14.7 Å². The molecule has 0 saturated carbocycles. The number of aromatic hydroxyl groups is 1. The quantitative estimate of drug-likeness (QED) is 0.425. The van der Waals surface area contributed by atoms with Crippen molar-refractivity contribution >= 4 is 11.6 Å². The van der Waals surface area contributed by atoms with Crippen LogP contribution in [0.25, 0.3) is 0 Å². The molecule has 30 heavy (non-hydrogen) atoms. The predicted octanol–water partition coefficient (Wildman–Crippen LogP) is 5.30. The molecule has 0 bridgehead atoms. The fourth-order valence-electron chi connectivity index (χ4n) is 3.63. The van der Waals surface area contributed by atoms with Crippen LogP contribution in [0, 0.1) is 12.8 Å². The number of hydrogen-bond donors (Lipinski definition) is 1. The van der Waals surface area contributed by atoms with Crippen molar-refractivity contribution in [2.45, 2.75) is 52.9 Å². The van der Waals surface area contributed by atoms with E-state index in [-0.39, 0.29) is 23.2 Å². The van der Waals surface area contributed by atoms with E-state index in [4.69, 9.17) is 9.47 Å². The number of ether oxygens (including phenoxy) is 2. The Balaban J connectivity index is 1.43. The molecule has 1 aliphatic carbocycles. The summed E-state index contributed by atoms with van der Waals surface area (Å²) in [6.07, 6.45) is 3.43. The lowest BCUT2D eigenvalue weighted by molar-refractivity contribution is 0.0962. The van der Waals surface area contributed by atoms with E-state index in [2.05, 4.69) is 0 Å². The normalized spacial score (nSPS) is 12.9. The van der Waals surface area contributed by atoms with Crippen LogP contribution in [0.5, 0.6) is 17.2 Å². The number of carbonyl (C=O) groups is 2. The van der Waals surface area contributed by atoms with E-state index in [1.807, 2.05) is 32.0 Å². The van der Waals surface area contributed by atoms with Crippen molar-refractivity contribution in [2.75, 3.05) is 13.2 Å². The molecular weight excluding hydrogens is 380 g/mol. The summed E-state index contributed by atoms with van der Waals surface area (Å²) >= 11 is 0. The van der Waals surface area contributed by atoms with Gasteiger partial charge in [0.1, 0.15) is 17.2 Å². The van der Waals surface area contributed by atoms with Crippen LogP contribution in [0.1, 0.15) is 71.4 Å². The zero-order chi connectivity index (χ0) is 21.7. The van der Waals surface area contributed by atoms with Crippen molar-refractivity contribution in [3.8, 4) is 17.2 Å². The van der Waals surface area contributed by atoms with E-state index in [0.717, 1.165) is 36.1 Å². The standard InChI is InChI=1S/C25H30O5/c1-16(2)14-23(27)20-9-11-24(17(3)25(20)28)30-13-5-4-12-29-19-8-6-18-7-10-22(26)21(18)15-19/h6,8-9,11,15-16,28H,4-5,7,10,12-14H2,1-3H3. The number of ketones is 2. The number of benzene rings is 2. The molecule has 160 valence electrons. The molecule has 0 unspecified atom stereocenters. The van der Waals surface area contributed by atoms with Crippen LogP contribution in [0.4, 0.5) is 0 Å². The van der Waals surface area contributed by atoms with Gasteiger partial charge in [-0.2, -0.15) is 0 Å². The highest BCUT2D eigenvalue weighted by atomic mass is 16.5. The monoisotopic (exact) mass is 410 g/mol. The van der Waals surface area contributed by atoms with Gasteiger partial charge in [0, 0.05) is 24.0 Å². The summed E-state index contributed by atoms with van der Waals surface area (Å²) < 4.78 is 11.6. The SMILES string of the molecule is Cc1c(OCCCCOc2ccc3c(c2)C(=O)CC3)ccc(C(=O)CC(C)C)c1O. The Morgan fingerprint density at radius 3 is 2.53 bits per heavy atom. The molecular formula is C25H30O5. The second-order valence-electron chi connectivity index (χ2n) is 8.25. The lowest BCUT2D eigenvalue weighted by atomic mass is 9.98. The molecule has 0 aromatic heterocycles. The maximum Gasteiger partial charge on any atom is 0.166 e. The van der Waals surface area contributed by atoms with E-state index >= 15 is 0 Å². The maximum absolute atomic E-state index is 12.2. The Hall–Kier alpha value is -2.82. The van der Waals surface area contributed by atoms with Crippen LogP contribution in [-0.2, 0) is 6.42 Å².